The van der Waals surface area contributed by atoms with Gasteiger partial charge in [0.25, 0.3) is 0 Å². The third kappa shape index (κ3) is 4.68. The molecule has 0 saturated carbocycles. The number of aromatic nitrogens is 1. The third-order valence-electron chi connectivity index (χ3n) is 2.65. The van der Waals surface area contributed by atoms with Crippen molar-refractivity contribution < 1.29 is 0 Å². The predicted octanol–water partition coefficient (Wildman–Crippen LogP) is 5.63. The van der Waals surface area contributed by atoms with E-state index in [-0.39, 0.29) is 0 Å². The molecule has 1 aromatic heterocycles. The molecule has 102 valence electrons. The lowest BCUT2D eigenvalue weighted by Crippen LogP contribution is -1.94. The van der Waals surface area contributed by atoms with E-state index in [2.05, 4.69) is 43.1 Å². The number of rotatable bonds is 3. The highest BCUT2D eigenvalue weighted by atomic mass is 35.5. The highest BCUT2D eigenvalue weighted by Crippen LogP contribution is 2.27. The van der Waals surface area contributed by atoms with Gasteiger partial charge in [-0.3, -0.25) is 4.98 Å². The predicted molar refractivity (Wildman–Crippen MR) is 84.6 cm³/mol. The zero-order valence-electron chi connectivity index (χ0n) is 12.2. The van der Waals surface area contributed by atoms with Crippen molar-refractivity contribution in [1.82, 2.24) is 4.98 Å². The molecule has 0 radical (unpaired) electrons. The van der Waals surface area contributed by atoms with Crippen LogP contribution >= 0.6 is 11.6 Å². The average Bonchev–Trinajstić information content (AvgIpc) is 2.41. The van der Waals surface area contributed by atoms with Crippen LogP contribution in [0.15, 0.2) is 42.7 Å². The highest BCUT2D eigenvalue weighted by Gasteiger charge is 2.04. The van der Waals surface area contributed by atoms with Gasteiger partial charge in [0.15, 0.2) is 0 Å². The minimum absolute atomic E-state index is 0.662. The van der Waals surface area contributed by atoms with Crippen molar-refractivity contribution in [2.75, 3.05) is 0 Å². The van der Waals surface area contributed by atoms with Gasteiger partial charge in [0.2, 0.25) is 0 Å². The molecule has 0 N–H and O–H groups in total. The van der Waals surface area contributed by atoms with Gasteiger partial charge < -0.3 is 0 Å². The fourth-order valence-corrected chi connectivity index (χ4v) is 2.14. The summed E-state index contributed by atoms with van der Waals surface area (Å²) in [4.78, 5) is 4.13. The lowest BCUT2D eigenvalue weighted by atomic mass is 9.99. The summed E-state index contributed by atoms with van der Waals surface area (Å²) in [5, 5.41) is 0.752. The lowest BCUT2D eigenvalue weighted by Gasteiger charge is -2.08. The van der Waals surface area contributed by atoms with E-state index in [9.17, 15) is 0 Å². The molecule has 2 aromatic rings. The Balaban J connectivity index is 0.000000861. The second-order valence-corrected chi connectivity index (χ2v) is 5.06. The van der Waals surface area contributed by atoms with Crippen molar-refractivity contribution in [2.45, 2.75) is 34.1 Å². The lowest BCUT2D eigenvalue weighted by molar-refractivity contribution is 0.647. The van der Waals surface area contributed by atoms with Crippen LogP contribution in [0.1, 0.15) is 33.3 Å². The Morgan fingerprint density at radius 1 is 1.16 bits per heavy atom. The van der Waals surface area contributed by atoms with Gasteiger partial charge in [-0.1, -0.05) is 63.6 Å². The Morgan fingerprint density at radius 3 is 2.53 bits per heavy atom. The molecule has 0 bridgehead atoms. The van der Waals surface area contributed by atoms with Gasteiger partial charge in [0, 0.05) is 18.0 Å². The monoisotopic (exact) mass is 275 g/mol. The molecule has 0 unspecified atom stereocenters. The summed E-state index contributed by atoms with van der Waals surface area (Å²) in [5.41, 5.74) is 3.48. The first-order chi connectivity index (χ1) is 9.16. The van der Waals surface area contributed by atoms with E-state index in [1.807, 2.05) is 26.1 Å². The summed E-state index contributed by atoms with van der Waals surface area (Å²) < 4.78 is 0. The van der Waals surface area contributed by atoms with Crippen molar-refractivity contribution >= 4 is 11.6 Å². The molecule has 1 nitrogen and oxygen atoms in total. The molecular formula is C17H22ClN. The smallest absolute Gasteiger partial charge is 0.0515 e. The van der Waals surface area contributed by atoms with Gasteiger partial charge in [-0.25, -0.2) is 0 Å². The molecule has 0 amide bonds. The summed E-state index contributed by atoms with van der Waals surface area (Å²) in [6.07, 6.45) is 4.62. The molecule has 0 saturated heterocycles. The van der Waals surface area contributed by atoms with Crippen LogP contribution in [-0.4, -0.2) is 4.98 Å². The first kappa shape index (κ1) is 15.7. The Hall–Kier alpha value is -1.34. The molecule has 0 aliphatic heterocycles. The SMILES string of the molecule is CC.CC(C)Cc1cccc(-c2cnccc2Cl)c1. The first-order valence-corrected chi connectivity index (χ1v) is 7.23. The molecule has 0 spiro atoms. The standard InChI is InChI=1S/C15H16ClN.C2H6/c1-11(2)8-12-4-3-5-13(9-12)14-10-17-7-6-15(14)16;1-2/h3-7,9-11H,8H2,1-2H3;1-2H3. The number of hydrogen-bond acceptors (Lipinski definition) is 1. The molecule has 1 heterocycles. The van der Waals surface area contributed by atoms with Crippen molar-refractivity contribution in [2.24, 2.45) is 5.92 Å². The van der Waals surface area contributed by atoms with Crippen LogP contribution in [0.25, 0.3) is 11.1 Å². The van der Waals surface area contributed by atoms with Crippen LogP contribution in [0.3, 0.4) is 0 Å². The van der Waals surface area contributed by atoms with Crippen molar-refractivity contribution in [1.29, 1.82) is 0 Å². The van der Waals surface area contributed by atoms with Gasteiger partial charge >= 0.3 is 0 Å². The van der Waals surface area contributed by atoms with E-state index in [1.54, 1.807) is 6.20 Å². The normalized spacial score (nSPS) is 10.0. The maximum absolute atomic E-state index is 6.18. The molecule has 2 rings (SSSR count). The van der Waals surface area contributed by atoms with E-state index in [0.717, 1.165) is 22.6 Å². The number of pyridine rings is 1. The molecule has 19 heavy (non-hydrogen) atoms. The quantitative estimate of drug-likeness (QED) is 0.708. The largest absolute Gasteiger partial charge is 0.264 e. The Morgan fingerprint density at radius 2 is 1.89 bits per heavy atom. The summed E-state index contributed by atoms with van der Waals surface area (Å²) >= 11 is 6.18. The zero-order valence-corrected chi connectivity index (χ0v) is 12.9. The molecule has 0 fully saturated rings. The Labute approximate surface area is 121 Å². The second kappa shape index (κ2) is 7.96. The molecule has 0 aliphatic rings. The molecule has 0 aliphatic carbocycles. The number of benzene rings is 1. The molecule has 1 aromatic carbocycles. The van der Waals surface area contributed by atoms with E-state index in [0.29, 0.717) is 5.92 Å². The van der Waals surface area contributed by atoms with Crippen LogP contribution in [0, 0.1) is 5.92 Å². The summed E-state index contributed by atoms with van der Waals surface area (Å²) in [6.45, 7) is 8.45. The van der Waals surface area contributed by atoms with Crippen molar-refractivity contribution in [3.8, 4) is 11.1 Å². The van der Waals surface area contributed by atoms with Gasteiger partial charge in [-0.2, -0.15) is 0 Å². The molecule has 2 heteroatoms. The van der Waals surface area contributed by atoms with Crippen LogP contribution in [-0.2, 0) is 6.42 Å². The minimum Gasteiger partial charge on any atom is -0.264 e. The molecular weight excluding hydrogens is 254 g/mol. The van der Waals surface area contributed by atoms with E-state index >= 15 is 0 Å². The zero-order chi connectivity index (χ0) is 14.3. The molecule has 0 atom stereocenters. The van der Waals surface area contributed by atoms with Crippen LogP contribution in [0.4, 0.5) is 0 Å². The van der Waals surface area contributed by atoms with Crippen LogP contribution in [0.2, 0.25) is 5.02 Å². The maximum Gasteiger partial charge on any atom is 0.0515 e. The van der Waals surface area contributed by atoms with Crippen LogP contribution in [0.5, 0.6) is 0 Å². The summed E-state index contributed by atoms with van der Waals surface area (Å²) in [5.74, 6) is 0.662. The number of hydrogen-bond donors (Lipinski definition) is 0. The van der Waals surface area contributed by atoms with Gasteiger partial charge in [0.05, 0.1) is 5.02 Å². The second-order valence-electron chi connectivity index (χ2n) is 4.65. The Kier molecular flexibility index (Phi) is 6.58. The number of halogens is 1. The Bertz CT molecular complexity index is 506. The van der Waals surface area contributed by atoms with E-state index in [4.69, 9.17) is 11.6 Å². The maximum atomic E-state index is 6.18. The van der Waals surface area contributed by atoms with Gasteiger partial charge in [-0.05, 0) is 29.5 Å². The highest BCUT2D eigenvalue weighted by molar-refractivity contribution is 6.33. The first-order valence-electron chi connectivity index (χ1n) is 6.85. The van der Waals surface area contributed by atoms with Crippen molar-refractivity contribution in [3.63, 3.8) is 0 Å². The van der Waals surface area contributed by atoms with E-state index in [1.165, 1.54) is 5.56 Å². The fourth-order valence-electron chi connectivity index (χ4n) is 1.93. The fraction of sp³-hybridized carbons (Fsp3) is 0.353. The van der Waals surface area contributed by atoms with Crippen LogP contribution < -0.4 is 0 Å². The topological polar surface area (TPSA) is 12.9 Å². The van der Waals surface area contributed by atoms with Gasteiger partial charge in [-0.15, -0.1) is 0 Å². The number of nitrogens with zero attached hydrogens (tertiary/aromatic N) is 1. The summed E-state index contributed by atoms with van der Waals surface area (Å²) in [7, 11) is 0. The van der Waals surface area contributed by atoms with Gasteiger partial charge in [0.1, 0.15) is 0 Å². The third-order valence-corrected chi connectivity index (χ3v) is 2.98. The van der Waals surface area contributed by atoms with E-state index < -0.39 is 0 Å². The van der Waals surface area contributed by atoms with Crippen molar-refractivity contribution in [3.05, 3.63) is 53.3 Å². The summed E-state index contributed by atoms with van der Waals surface area (Å²) in [6, 6.07) is 10.3. The average molecular weight is 276 g/mol. The minimum atomic E-state index is 0.662.